The maximum Gasteiger partial charge on any atom is 0.0585 e. The van der Waals surface area contributed by atoms with E-state index in [1.165, 1.54) is 0 Å². The lowest BCUT2D eigenvalue weighted by Crippen LogP contribution is -2.38. The Morgan fingerprint density at radius 3 is 2.31 bits per heavy atom. The summed E-state index contributed by atoms with van der Waals surface area (Å²) in [5.41, 5.74) is 5.77. The molecule has 3 nitrogen and oxygen atoms in total. The van der Waals surface area contributed by atoms with Crippen LogP contribution in [0.4, 0.5) is 0 Å². The Hall–Kier alpha value is -0.120. The van der Waals surface area contributed by atoms with Crippen molar-refractivity contribution < 1.29 is 10.2 Å². The van der Waals surface area contributed by atoms with Crippen molar-refractivity contribution in [3.63, 3.8) is 0 Å². The number of hydrogen-bond acceptors (Lipinski definition) is 3. The lowest BCUT2D eigenvalue weighted by Gasteiger charge is -2.32. The van der Waals surface area contributed by atoms with E-state index < -0.39 is 0 Å². The minimum absolute atomic E-state index is 0.0697. The summed E-state index contributed by atoms with van der Waals surface area (Å²) in [6.07, 6.45) is 3.79. The highest BCUT2D eigenvalue weighted by Gasteiger charge is 2.27. The van der Waals surface area contributed by atoms with E-state index in [1.807, 2.05) is 0 Å². The molecule has 1 aliphatic carbocycles. The van der Waals surface area contributed by atoms with E-state index in [2.05, 4.69) is 6.92 Å². The largest absolute Gasteiger partial charge is 0.395 e. The van der Waals surface area contributed by atoms with Gasteiger partial charge in [-0.15, -0.1) is 0 Å². The van der Waals surface area contributed by atoms with Crippen molar-refractivity contribution in [3.8, 4) is 0 Å². The fourth-order valence-corrected chi connectivity index (χ4v) is 2.14. The molecule has 78 valence electrons. The standard InChI is InChI=1S/C10H21NO2/c1-7(10(11)6-12)8-2-4-9(13)5-3-8/h7-10,12-13H,2-6,11H2,1H3. The number of aliphatic hydroxyl groups excluding tert-OH is 2. The Morgan fingerprint density at radius 2 is 1.85 bits per heavy atom. The molecule has 0 heterocycles. The third-order valence-corrected chi connectivity index (χ3v) is 3.37. The highest BCUT2D eigenvalue weighted by atomic mass is 16.3. The van der Waals surface area contributed by atoms with Gasteiger partial charge >= 0.3 is 0 Å². The third kappa shape index (κ3) is 2.93. The molecule has 3 heteroatoms. The Kier molecular flexibility index (Phi) is 4.16. The van der Waals surface area contributed by atoms with E-state index in [0.717, 1.165) is 25.7 Å². The lowest BCUT2D eigenvalue weighted by molar-refractivity contribution is 0.0826. The molecular formula is C10H21NO2. The predicted molar refractivity (Wildman–Crippen MR) is 52.2 cm³/mol. The zero-order valence-electron chi connectivity index (χ0n) is 8.32. The first-order chi connectivity index (χ1) is 6.15. The van der Waals surface area contributed by atoms with Crippen LogP contribution in [0, 0.1) is 11.8 Å². The monoisotopic (exact) mass is 187 g/mol. The Morgan fingerprint density at radius 1 is 1.31 bits per heavy atom. The minimum atomic E-state index is -0.103. The summed E-state index contributed by atoms with van der Waals surface area (Å²) < 4.78 is 0. The van der Waals surface area contributed by atoms with Gasteiger partial charge in [0.1, 0.15) is 0 Å². The van der Waals surface area contributed by atoms with Crippen LogP contribution < -0.4 is 5.73 Å². The van der Waals surface area contributed by atoms with Crippen LogP contribution in [0.15, 0.2) is 0 Å². The highest BCUT2D eigenvalue weighted by molar-refractivity contribution is 4.80. The molecule has 0 saturated heterocycles. The van der Waals surface area contributed by atoms with Gasteiger partial charge < -0.3 is 15.9 Å². The molecule has 0 aromatic carbocycles. The first-order valence-electron chi connectivity index (χ1n) is 5.19. The average molecular weight is 187 g/mol. The molecule has 0 amide bonds. The summed E-state index contributed by atoms with van der Waals surface area (Å²) in [5.74, 6) is 0.961. The molecule has 0 aromatic rings. The van der Waals surface area contributed by atoms with Crippen molar-refractivity contribution in [3.05, 3.63) is 0 Å². The van der Waals surface area contributed by atoms with Gasteiger partial charge in [-0.1, -0.05) is 6.92 Å². The zero-order chi connectivity index (χ0) is 9.84. The van der Waals surface area contributed by atoms with E-state index in [-0.39, 0.29) is 18.8 Å². The Labute approximate surface area is 79.9 Å². The van der Waals surface area contributed by atoms with Crippen molar-refractivity contribution in [2.75, 3.05) is 6.61 Å². The van der Waals surface area contributed by atoms with Crippen LogP contribution in [0.2, 0.25) is 0 Å². The van der Waals surface area contributed by atoms with Crippen LogP contribution in [0.1, 0.15) is 32.6 Å². The van der Waals surface area contributed by atoms with E-state index in [0.29, 0.717) is 11.8 Å². The molecule has 0 aliphatic heterocycles. The summed E-state index contributed by atoms with van der Waals surface area (Å²) in [5, 5.41) is 18.2. The number of nitrogens with two attached hydrogens (primary N) is 1. The van der Waals surface area contributed by atoms with Gasteiger partial charge in [0.25, 0.3) is 0 Å². The number of rotatable bonds is 3. The van der Waals surface area contributed by atoms with Gasteiger partial charge in [-0.05, 0) is 37.5 Å². The molecule has 1 aliphatic rings. The fourth-order valence-electron chi connectivity index (χ4n) is 2.14. The molecule has 13 heavy (non-hydrogen) atoms. The predicted octanol–water partition coefficient (Wildman–Crippen LogP) is 0.493. The SMILES string of the molecule is CC(C(N)CO)C1CCC(O)CC1. The van der Waals surface area contributed by atoms with E-state index in [9.17, 15) is 5.11 Å². The van der Waals surface area contributed by atoms with Crippen LogP contribution in [-0.2, 0) is 0 Å². The van der Waals surface area contributed by atoms with Gasteiger partial charge in [0.2, 0.25) is 0 Å². The first-order valence-corrected chi connectivity index (χ1v) is 5.19. The quantitative estimate of drug-likeness (QED) is 0.602. The van der Waals surface area contributed by atoms with Crippen LogP contribution in [0.3, 0.4) is 0 Å². The van der Waals surface area contributed by atoms with Crippen LogP contribution in [0.25, 0.3) is 0 Å². The Balaban J connectivity index is 2.35. The molecule has 0 bridgehead atoms. The average Bonchev–Trinajstić information content (AvgIpc) is 2.17. The maximum absolute atomic E-state index is 9.32. The third-order valence-electron chi connectivity index (χ3n) is 3.37. The summed E-state index contributed by atoms with van der Waals surface area (Å²) >= 11 is 0. The molecule has 0 spiro atoms. The zero-order valence-corrected chi connectivity index (χ0v) is 8.32. The maximum atomic E-state index is 9.32. The van der Waals surface area contributed by atoms with Gasteiger partial charge in [0.15, 0.2) is 0 Å². The van der Waals surface area contributed by atoms with Gasteiger partial charge in [-0.3, -0.25) is 0 Å². The minimum Gasteiger partial charge on any atom is -0.395 e. The second-order valence-corrected chi connectivity index (χ2v) is 4.27. The lowest BCUT2D eigenvalue weighted by atomic mass is 9.77. The van der Waals surface area contributed by atoms with Gasteiger partial charge in [0.05, 0.1) is 12.7 Å². The van der Waals surface area contributed by atoms with Crippen LogP contribution in [-0.4, -0.2) is 29.0 Å². The first kappa shape index (κ1) is 11.0. The highest BCUT2D eigenvalue weighted by Crippen LogP contribution is 2.31. The van der Waals surface area contributed by atoms with Gasteiger partial charge in [0, 0.05) is 6.04 Å². The number of aliphatic hydroxyl groups is 2. The molecule has 1 fully saturated rings. The van der Waals surface area contributed by atoms with Crippen molar-refractivity contribution in [1.82, 2.24) is 0 Å². The van der Waals surface area contributed by atoms with Gasteiger partial charge in [-0.2, -0.15) is 0 Å². The summed E-state index contributed by atoms with van der Waals surface area (Å²) in [6, 6.07) is -0.0970. The van der Waals surface area contributed by atoms with Crippen molar-refractivity contribution in [1.29, 1.82) is 0 Å². The topological polar surface area (TPSA) is 66.5 Å². The molecule has 2 atom stereocenters. The fraction of sp³-hybridized carbons (Fsp3) is 1.00. The van der Waals surface area contributed by atoms with E-state index in [4.69, 9.17) is 10.8 Å². The van der Waals surface area contributed by atoms with E-state index >= 15 is 0 Å². The molecule has 1 rings (SSSR count). The normalized spacial score (nSPS) is 34.2. The van der Waals surface area contributed by atoms with E-state index in [1.54, 1.807) is 0 Å². The van der Waals surface area contributed by atoms with Crippen molar-refractivity contribution in [2.45, 2.75) is 44.8 Å². The second-order valence-electron chi connectivity index (χ2n) is 4.27. The second kappa shape index (κ2) is 4.94. The Bertz CT molecular complexity index is 144. The van der Waals surface area contributed by atoms with Crippen molar-refractivity contribution >= 4 is 0 Å². The number of hydrogen-bond donors (Lipinski definition) is 3. The molecule has 0 radical (unpaired) electrons. The molecule has 0 aromatic heterocycles. The van der Waals surface area contributed by atoms with Crippen molar-refractivity contribution in [2.24, 2.45) is 17.6 Å². The molecule has 1 saturated carbocycles. The smallest absolute Gasteiger partial charge is 0.0585 e. The molecule has 2 unspecified atom stereocenters. The molecular weight excluding hydrogens is 166 g/mol. The summed E-state index contributed by atoms with van der Waals surface area (Å²) in [7, 11) is 0. The van der Waals surface area contributed by atoms with Crippen LogP contribution in [0.5, 0.6) is 0 Å². The molecule has 4 N–H and O–H groups in total. The summed E-state index contributed by atoms with van der Waals surface area (Å²) in [4.78, 5) is 0. The summed E-state index contributed by atoms with van der Waals surface area (Å²) in [6.45, 7) is 2.17. The van der Waals surface area contributed by atoms with Gasteiger partial charge in [-0.25, -0.2) is 0 Å². The van der Waals surface area contributed by atoms with Crippen LogP contribution >= 0.6 is 0 Å².